The van der Waals surface area contributed by atoms with Gasteiger partial charge in [-0.25, -0.2) is 0 Å². The first-order chi connectivity index (χ1) is 12.2. The number of hydrazine groups is 1. The summed E-state index contributed by atoms with van der Waals surface area (Å²) in [5.41, 5.74) is 5.69. The molecule has 1 aromatic carbocycles. The predicted octanol–water partition coefficient (Wildman–Crippen LogP) is 0.987. The van der Waals surface area contributed by atoms with Gasteiger partial charge < -0.3 is 14.2 Å². The van der Waals surface area contributed by atoms with Crippen molar-refractivity contribution in [3.63, 3.8) is 0 Å². The third kappa shape index (κ3) is 4.36. The molecule has 2 amide bonds. The Bertz CT molecular complexity index is 798. The van der Waals surface area contributed by atoms with Gasteiger partial charge >= 0.3 is 5.91 Å². The zero-order valence-corrected chi connectivity index (χ0v) is 13.3. The highest BCUT2D eigenvalue weighted by molar-refractivity contribution is 5.92. The van der Waals surface area contributed by atoms with Crippen molar-refractivity contribution >= 4 is 11.8 Å². The van der Waals surface area contributed by atoms with Crippen molar-refractivity contribution in [2.45, 2.75) is 6.04 Å². The zero-order valence-electron chi connectivity index (χ0n) is 13.3. The minimum absolute atomic E-state index is 0.110. The molecule has 0 bridgehead atoms. The Kier molecular flexibility index (Phi) is 5.28. The Hall–Kier alpha value is -3.32. The van der Waals surface area contributed by atoms with E-state index in [0.717, 1.165) is 11.3 Å². The molecule has 128 valence electrons. The average Bonchev–Trinajstić information content (AvgIpc) is 3.34. The molecule has 0 fully saturated rings. The molecule has 3 rings (SSSR count). The van der Waals surface area contributed by atoms with E-state index >= 15 is 0 Å². The third-order valence-corrected chi connectivity index (χ3v) is 3.61. The first-order valence-corrected chi connectivity index (χ1v) is 7.78. The molecule has 7 nitrogen and oxygen atoms in total. The van der Waals surface area contributed by atoms with Gasteiger partial charge in [0.25, 0.3) is 5.91 Å². The van der Waals surface area contributed by atoms with Gasteiger partial charge in [-0.3, -0.25) is 20.4 Å². The fourth-order valence-electron chi connectivity index (χ4n) is 2.42. The van der Waals surface area contributed by atoms with Crippen LogP contribution in [0.4, 0.5) is 0 Å². The quantitative estimate of drug-likeness (QED) is 0.582. The van der Waals surface area contributed by atoms with E-state index in [1.54, 1.807) is 12.3 Å². The van der Waals surface area contributed by atoms with Gasteiger partial charge in [0.2, 0.25) is 0 Å². The van der Waals surface area contributed by atoms with Crippen LogP contribution in [0, 0.1) is 0 Å². The van der Waals surface area contributed by atoms with E-state index in [1.165, 1.54) is 12.3 Å². The molecular formula is C18H18N3O4+. The number of rotatable bonds is 6. The van der Waals surface area contributed by atoms with Crippen molar-refractivity contribution in [2.24, 2.45) is 0 Å². The predicted molar refractivity (Wildman–Crippen MR) is 88.1 cm³/mol. The third-order valence-electron chi connectivity index (χ3n) is 3.61. The van der Waals surface area contributed by atoms with E-state index in [4.69, 9.17) is 8.83 Å². The molecule has 7 heteroatoms. The molecule has 2 aromatic heterocycles. The van der Waals surface area contributed by atoms with Crippen molar-refractivity contribution < 1.29 is 23.7 Å². The Labute approximate surface area is 144 Å². The topological polar surface area (TPSA) is 101 Å². The van der Waals surface area contributed by atoms with E-state index in [0.29, 0.717) is 0 Å². The van der Waals surface area contributed by atoms with Crippen molar-refractivity contribution in [3.05, 3.63) is 84.2 Å². The van der Waals surface area contributed by atoms with E-state index in [9.17, 15) is 9.59 Å². The van der Waals surface area contributed by atoms with Crippen LogP contribution in [0.25, 0.3) is 0 Å². The van der Waals surface area contributed by atoms with Gasteiger partial charge in [-0.2, -0.15) is 0 Å². The first kappa shape index (κ1) is 16.5. The number of hydrogen-bond acceptors (Lipinski definition) is 4. The fourth-order valence-corrected chi connectivity index (χ4v) is 2.42. The Morgan fingerprint density at radius 1 is 0.920 bits per heavy atom. The number of quaternary nitrogens is 1. The second kappa shape index (κ2) is 7.98. The van der Waals surface area contributed by atoms with Crippen molar-refractivity contribution in [1.29, 1.82) is 0 Å². The number of nitrogens with one attached hydrogen (secondary N) is 2. The van der Waals surface area contributed by atoms with Gasteiger partial charge in [0, 0.05) is 5.56 Å². The molecule has 25 heavy (non-hydrogen) atoms. The molecule has 1 atom stereocenters. The van der Waals surface area contributed by atoms with Gasteiger partial charge in [0.05, 0.1) is 12.5 Å². The summed E-state index contributed by atoms with van der Waals surface area (Å²) in [4.78, 5) is 23.7. The largest absolute Gasteiger partial charge is 0.463 e. The van der Waals surface area contributed by atoms with E-state index in [-0.39, 0.29) is 24.3 Å². The summed E-state index contributed by atoms with van der Waals surface area (Å²) in [5.74, 6) is 0.0250. The molecule has 0 aliphatic rings. The van der Waals surface area contributed by atoms with E-state index in [1.807, 2.05) is 47.8 Å². The summed E-state index contributed by atoms with van der Waals surface area (Å²) in [6, 6.07) is 16.4. The van der Waals surface area contributed by atoms with Gasteiger partial charge in [0.1, 0.15) is 0 Å². The van der Waals surface area contributed by atoms with Crippen molar-refractivity contribution in [3.8, 4) is 0 Å². The lowest BCUT2D eigenvalue weighted by atomic mass is 10.0. The molecule has 0 saturated carbocycles. The normalized spacial score (nSPS) is 11.7. The fraction of sp³-hybridized carbons (Fsp3) is 0.111. The molecule has 0 spiro atoms. The molecule has 2 heterocycles. The highest BCUT2D eigenvalue weighted by Crippen LogP contribution is 2.18. The summed E-state index contributed by atoms with van der Waals surface area (Å²) in [6.07, 6.45) is 2.99. The minimum Gasteiger partial charge on any atom is -0.463 e. The second-order valence-electron chi connectivity index (χ2n) is 5.32. The number of hydrogen-bond donors (Lipinski definition) is 3. The molecular weight excluding hydrogens is 322 g/mol. The number of benzene rings is 1. The smallest absolute Gasteiger partial charge is 0.305 e. The maximum atomic E-state index is 12.0. The van der Waals surface area contributed by atoms with Crippen LogP contribution in [0.15, 0.2) is 76.0 Å². The maximum Gasteiger partial charge on any atom is 0.305 e. The van der Waals surface area contributed by atoms with Crippen LogP contribution in [0.2, 0.25) is 0 Å². The highest BCUT2D eigenvalue weighted by atomic mass is 16.3. The Morgan fingerprint density at radius 2 is 1.68 bits per heavy atom. The second-order valence-corrected chi connectivity index (χ2v) is 5.32. The molecule has 0 unspecified atom stereocenters. The number of nitrogens with two attached hydrogens (primary N) is 1. The molecule has 0 aliphatic carbocycles. The number of carbonyl (C=O) groups excluding carboxylic acids is 2. The Morgan fingerprint density at radius 3 is 2.36 bits per heavy atom. The van der Waals surface area contributed by atoms with Crippen LogP contribution in [0.5, 0.6) is 0 Å². The van der Waals surface area contributed by atoms with Crippen LogP contribution in [-0.2, 0) is 4.79 Å². The average molecular weight is 340 g/mol. The van der Waals surface area contributed by atoms with Crippen LogP contribution >= 0.6 is 0 Å². The van der Waals surface area contributed by atoms with Crippen molar-refractivity contribution in [1.82, 2.24) is 10.9 Å². The lowest BCUT2D eigenvalue weighted by Crippen LogP contribution is -2.88. The first-order valence-electron chi connectivity index (χ1n) is 7.78. The molecule has 4 N–H and O–H groups in total. The summed E-state index contributed by atoms with van der Waals surface area (Å²) >= 11 is 0. The van der Waals surface area contributed by atoms with Gasteiger partial charge in [-0.1, -0.05) is 30.3 Å². The van der Waals surface area contributed by atoms with Crippen LogP contribution in [0.3, 0.4) is 0 Å². The SMILES string of the molecule is O=C(C[NH2+][C@H](c1ccccc1)c1ccco1)NNC(=O)c1ccco1. The Balaban J connectivity index is 1.56. The lowest BCUT2D eigenvalue weighted by molar-refractivity contribution is -0.678. The van der Waals surface area contributed by atoms with E-state index in [2.05, 4.69) is 10.9 Å². The number of furan rings is 2. The van der Waals surface area contributed by atoms with E-state index < -0.39 is 5.91 Å². The summed E-state index contributed by atoms with van der Waals surface area (Å²) in [6.45, 7) is 0.110. The highest BCUT2D eigenvalue weighted by Gasteiger charge is 2.21. The van der Waals surface area contributed by atoms with Crippen LogP contribution < -0.4 is 16.2 Å². The minimum atomic E-state index is -0.510. The number of carbonyl (C=O) groups is 2. The molecule has 0 aliphatic heterocycles. The summed E-state index contributed by atoms with van der Waals surface area (Å²) in [5, 5.41) is 1.84. The van der Waals surface area contributed by atoms with Crippen LogP contribution in [0.1, 0.15) is 27.9 Å². The van der Waals surface area contributed by atoms with Gasteiger partial charge in [-0.05, 0) is 24.3 Å². The monoisotopic (exact) mass is 340 g/mol. The number of amides is 2. The lowest BCUT2D eigenvalue weighted by Gasteiger charge is -2.14. The maximum absolute atomic E-state index is 12.0. The summed E-state index contributed by atoms with van der Waals surface area (Å²) < 4.78 is 10.4. The van der Waals surface area contributed by atoms with Crippen LogP contribution in [-0.4, -0.2) is 18.4 Å². The summed E-state index contributed by atoms with van der Waals surface area (Å²) in [7, 11) is 0. The van der Waals surface area contributed by atoms with Gasteiger partial charge in [-0.15, -0.1) is 0 Å². The zero-order chi connectivity index (χ0) is 17.5. The standard InChI is InChI=1S/C18H17N3O4/c22-16(20-21-18(23)15-9-5-11-25-15)12-19-17(14-8-4-10-24-14)13-6-2-1-3-7-13/h1-11,17,19H,12H2,(H,20,22)(H,21,23)/p+1/t17-/m1/s1. The molecule has 0 radical (unpaired) electrons. The molecule has 3 aromatic rings. The molecule has 0 saturated heterocycles. The van der Waals surface area contributed by atoms with Gasteiger partial charge in [0.15, 0.2) is 24.1 Å². The van der Waals surface area contributed by atoms with Crippen molar-refractivity contribution in [2.75, 3.05) is 6.54 Å².